The van der Waals surface area contributed by atoms with Gasteiger partial charge in [0.15, 0.2) is 0 Å². The van der Waals surface area contributed by atoms with Crippen molar-refractivity contribution in [2.75, 3.05) is 0 Å². The van der Waals surface area contributed by atoms with Crippen LogP contribution < -0.4 is 5.32 Å². The molecule has 0 fully saturated rings. The molecule has 0 saturated heterocycles. The average molecular weight is 409 g/mol. The van der Waals surface area contributed by atoms with Crippen LogP contribution in [0.15, 0.2) is 71.3 Å². The molecule has 26 heavy (non-hydrogen) atoms. The van der Waals surface area contributed by atoms with E-state index in [0.717, 1.165) is 21.1 Å². The van der Waals surface area contributed by atoms with Crippen molar-refractivity contribution in [3.8, 4) is 0 Å². The standard InChI is InChI=1S/C20H17BrN4O/c21-16-6-7-18-15(10-16)11-19(23-18)20(26)22-12-17-8-9-25(24-17)13-14-4-2-1-3-5-14/h1-11,23H,12-13H2,(H,22,26). The molecule has 1 amide bonds. The topological polar surface area (TPSA) is 62.7 Å². The second-order valence-electron chi connectivity index (χ2n) is 6.09. The lowest BCUT2D eigenvalue weighted by atomic mass is 10.2. The number of carbonyl (C=O) groups is 1. The van der Waals surface area contributed by atoms with Gasteiger partial charge in [0.25, 0.3) is 5.91 Å². The Labute approximate surface area is 159 Å². The number of hydrogen-bond donors (Lipinski definition) is 2. The summed E-state index contributed by atoms with van der Waals surface area (Å²) in [4.78, 5) is 15.5. The summed E-state index contributed by atoms with van der Waals surface area (Å²) in [6.07, 6.45) is 1.93. The highest BCUT2D eigenvalue weighted by atomic mass is 79.9. The third-order valence-electron chi connectivity index (χ3n) is 4.14. The fourth-order valence-corrected chi connectivity index (χ4v) is 3.23. The number of fused-ring (bicyclic) bond motifs is 1. The molecule has 0 aliphatic heterocycles. The third-order valence-corrected chi connectivity index (χ3v) is 4.63. The van der Waals surface area contributed by atoms with Crippen molar-refractivity contribution in [3.63, 3.8) is 0 Å². The zero-order chi connectivity index (χ0) is 17.9. The number of aromatic amines is 1. The molecule has 2 heterocycles. The van der Waals surface area contributed by atoms with Gasteiger partial charge in [0, 0.05) is 21.6 Å². The highest BCUT2D eigenvalue weighted by Gasteiger charge is 2.10. The van der Waals surface area contributed by atoms with Gasteiger partial charge in [-0.25, -0.2) is 0 Å². The molecule has 4 aromatic rings. The molecule has 0 atom stereocenters. The van der Waals surface area contributed by atoms with Crippen molar-refractivity contribution in [1.29, 1.82) is 0 Å². The van der Waals surface area contributed by atoms with E-state index in [1.54, 1.807) is 0 Å². The summed E-state index contributed by atoms with van der Waals surface area (Å²) in [5.74, 6) is -0.144. The number of benzene rings is 2. The molecule has 130 valence electrons. The normalized spacial score (nSPS) is 11.0. The molecule has 0 bridgehead atoms. The van der Waals surface area contributed by atoms with Gasteiger partial charge in [-0.05, 0) is 35.9 Å². The van der Waals surface area contributed by atoms with Gasteiger partial charge < -0.3 is 10.3 Å². The molecule has 0 saturated carbocycles. The minimum absolute atomic E-state index is 0.144. The highest BCUT2D eigenvalue weighted by Crippen LogP contribution is 2.20. The van der Waals surface area contributed by atoms with Crippen LogP contribution >= 0.6 is 15.9 Å². The fourth-order valence-electron chi connectivity index (χ4n) is 2.85. The van der Waals surface area contributed by atoms with Gasteiger partial charge in [0.1, 0.15) is 5.69 Å². The summed E-state index contributed by atoms with van der Waals surface area (Å²) in [5, 5.41) is 8.42. The van der Waals surface area contributed by atoms with Gasteiger partial charge >= 0.3 is 0 Å². The summed E-state index contributed by atoms with van der Waals surface area (Å²) in [6, 6.07) is 19.8. The smallest absolute Gasteiger partial charge is 0.268 e. The van der Waals surface area contributed by atoms with Gasteiger partial charge in [-0.1, -0.05) is 46.3 Å². The second kappa shape index (κ2) is 7.17. The molecule has 2 aromatic carbocycles. The van der Waals surface area contributed by atoms with Gasteiger partial charge in [0.05, 0.1) is 18.8 Å². The Morgan fingerprint density at radius 3 is 2.81 bits per heavy atom. The maximum Gasteiger partial charge on any atom is 0.268 e. The molecule has 0 unspecified atom stereocenters. The maximum absolute atomic E-state index is 12.4. The molecule has 0 aliphatic carbocycles. The highest BCUT2D eigenvalue weighted by molar-refractivity contribution is 9.10. The number of H-pyrrole nitrogens is 1. The number of nitrogens with zero attached hydrogens (tertiary/aromatic N) is 2. The van der Waals surface area contributed by atoms with E-state index >= 15 is 0 Å². The molecule has 0 aliphatic rings. The van der Waals surface area contributed by atoms with E-state index in [2.05, 4.69) is 43.5 Å². The summed E-state index contributed by atoms with van der Waals surface area (Å²) in [7, 11) is 0. The van der Waals surface area contributed by atoms with E-state index in [9.17, 15) is 4.79 Å². The number of nitrogens with one attached hydrogen (secondary N) is 2. The fraction of sp³-hybridized carbons (Fsp3) is 0.100. The quantitative estimate of drug-likeness (QED) is 0.521. The summed E-state index contributed by atoms with van der Waals surface area (Å²) in [5.41, 5.74) is 3.50. The predicted octanol–water partition coefficient (Wildman–Crippen LogP) is 4.11. The number of carbonyl (C=O) groups excluding carboxylic acids is 1. The number of aromatic nitrogens is 3. The molecule has 5 nitrogen and oxygen atoms in total. The van der Waals surface area contributed by atoms with Gasteiger partial charge in [-0.3, -0.25) is 9.48 Å². The molecule has 4 rings (SSSR count). The predicted molar refractivity (Wildman–Crippen MR) is 105 cm³/mol. The Morgan fingerprint density at radius 2 is 1.96 bits per heavy atom. The zero-order valence-corrected chi connectivity index (χ0v) is 15.5. The number of halogens is 1. The molecular weight excluding hydrogens is 392 g/mol. The van der Waals surface area contributed by atoms with Gasteiger partial charge in [-0.2, -0.15) is 5.10 Å². The monoisotopic (exact) mass is 408 g/mol. The number of rotatable bonds is 5. The van der Waals surface area contributed by atoms with Crippen molar-refractivity contribution >= 4 is 32.7 Å². The Hall–Kier alpha value is -2.86. The molecule has 2 aromatic heterocycles. The van der Waals surface area contributed by atoms with Gasteiger partial charge in [0.2, 0.25) is 0 Å². The van der Waals surface area contributed by atoms with Crippen molar-refractivity contribution in [2.45, 2.75) is 13.1 Å². The number of hydrogen-bond acceptors (Lipinski definition) is 2. The van der Waals surface area contributed by atoms with Crippen LogP contribution in [0.4, 0.5) is 0 Å². The minimum atomic E-state index is -0.144. The Bertz CT molecular complexity index is 1050. The van der Waals surface area contributed by atoms with Crippen molar-refractivity contribution in [1.82, 2.24) is 20.1 Å². The van der Waals surface area contributed by atoms with Gasteiger partial charge in [-0.15, -0.1) is 0 Å². The lowest BCUT2D eigenvalue weighted by molar-refractivity contribution is 0.0946. The van der Waals surface area contributed by atoms with E-state index in [1.165, 1.54) is 5.56 Å². The molecular formula is C20H17BrN4O. The zero-order valence-electron chi connectivity index (χ0n) is 13.9. The van der Waals surface area contributed by atoms with E-state index in [1.807, 2.05) is 59.4 Å². The van der Waals surface area contributed by atoms with E-state index in [0.29, 0.717) is 18.8 Å². The minimum Gasteiger partial charge on any atom is -0.351 e. The van der Waals surface area contributed by atoms with Crippen LogP contribution in [0.3, 0.4) is 0 Å². The SMILES string of the molecule is O=C(NCc1ccn(Cc2ccccc2)n1)c1cc2cc(Br)ccc2[nH]1. The van der Waals surface area contributed by atoms with Crippen LogP contribution in [0, 0.1) is 0 Å². The van der Waals surface area contributed by atoms with E-state index < -0.39 is 0 Å². The summed E-state index contributed by atoms with van der Waals surface area (Å²) in [6.45, 7) is 1.10. The molecule has 0 radical (unpaired) electrons. The molecule has 0 spiro atoms. The Balaban J connectivity index is 1.39. The average Bonchev–Trinajstić information content (AvgIpc) is 3.27. The van der Waals surface area contributed by atoms with Crippen LogP contribution in [-0.2, 0) is 13.1 Å². The van der Waals surface area contributed by atoms with Crippen LogP contribution in [0.1, 0.15) is 21.7 Å². The maximum atomic E-state index is 12.4. The second-order valence-corrected chi connectivity index (χ2v) is 7.00. The Kier molecular flexibility index (Phi) is 4.58. The van der Waals surface area contributed by atoms with E-state index in [4.69, 9.17) is 0 Å². The van der Waals surface area contributed by atoms with Crippen LogP contribution in [0.25, 0.3) is 10.9 Å². The Morgan fingerprint density at radius 1 is 1.12 bits per heavy atom. The van der Waals surface area contributed by atoms with Crippen LogP contribution in [-0.4, -0.2) is 20.7 Å². The van der Waals surface area contributed by atoms with Crippen molar-refractivity contribution < 1.29 is 4.79 Å². The van der Waals surface area contributed by atoms with E-state index in [-0.39, 0.29) is 5.91 Å². The summed E-state index contributed by atoms with van der Waals surface area (Å²) >= 11 is 3.44. The summed E-state index contributed by atoms with van der Waals surface area (Å²) < 4.78 is 2.86. The first kappa shape index (κ1) is 16.6. The number of amides is 1. The largest absolute Gasteiger partial charge is 0.351 e. The van der Waals surface area contributed by atoms with Crippen molar-refractivity contribution in [2.24, 2.45) is 0 Å². The van der Waals surface area contributed by atoms with Crippen molar-refractivity contribution in [3.05, 3.63) is 88.3 Å². The third kappa shape index (κ3) is 3.70. The molecule has 6 heteroatoms. The first-order valence-electron chi connectivity index (χ1n) is 8.30. The van der Waals surface area contributed by atoms with Crippen LogP contribution in [0.2, 0.25) is 0 Å². The first-order valence-corrected chi connectivity index (χ1v) is 9.09. The molecule has 2 N–H and O–H groups in total. The van der Waals surface area contributed by atoms with Crippen LogP contribution in [0.5, 0.6) is 0 Å². The lowest BCUT2D eigenvalue weighted by Gasteiger charge is -2.02. The first-order chi connectivity index (χ1) is 12.7. The lowest BCUT2D eigenvalue weighted by Crippen LogP contribution is -2.23.